The fraction of sp³-hybridized carbons (Fsp3) is 0.133. The highest BCUT2D eigenvalue weighted by atomic mass is 16.5. The molecule has 0 aliphatic heterocycles. The molecule has 1 unspecified atom stereocenters. The van der Waals surface area contributed by atoms with Crippen molar-refractivity contribution in [2.75, 3.05) is 7.11 Å². The third-order valence-electron chi connectivity index (χ3n) is 6.73. The number of hydrogen-bond donors (Lipinski definition) is 1. The zero-order valence-corrected chi connectivity index (χ0v) is 20.2. The van der Waals surface area contributed by atoms with Crippen LogP contribution >= 0.6 is 0 Å². The molecule has 1 atom stereocenters. The zero-order chi connectivity index (χ0) is 24.6. The van der Waals surface area contributed by atoms with Crippen molar-refractivity contribution in [2.24, 2.45) is 0 Å². The van der Waals surface area contributed by atoms with Crippen LogP contribution in [0.1, 0.15) is 24.3 Å². The van der Waals surface area contributed by atoms with Crippen LogP contribution in [0.25, 0.3) is 38.8 Å². The first kappa shape index (κ1) is 22.1. The summed E-state index contributed by atoms with van der Waals surface area (Å²) < 4.78 is 9.51. The Labute approximate surface area is 209 Å². The van der Waals surface area contributed by atoms with Gasteiger partial charge in [0.1, 0.15) is 23.2 Å². The van der Waals surface area contributed by atoms with Crippen molar-refractivity contribution < 1.29 is 9.84 Å². The molecule has 1 N–H and O–H groups in total. The molecular weight excluding hydrogens is 448 g/mol. The molecule has 36 heavy (non-hydrogen) atoms. The average Bonchev–Trinajstić information content (AvgIpc) is 3.52. The molecule has 0 saturated carbocycles. The predicted molar refractivity (Wildman–Crippen MR) is 143 cm³/mol. The normalized spacial score (nSPS) is 12.3. The van der Waals surface area contributed by atoms with E-state index in [1.165, 1.54) is 16.4 Å². The average molecular weight is 475 g/mol. The summed E-state index contributed by atoms with van der Waals surface area (Å²) in [6.07, 6.45) is -0.963. The molecule has 2 heterocycles. The molecule has 178 valence electrons. The topological polar surface area (TPSA) is 65.1 Å². The molecule has 0 aliphatic carbocycles. The van der Waals surface area contributed by atoms with Crippen LogP contribution < -0.4 is 4.74 Å². The Balaban J connectivity index is 1.56. The molecule has 0 radical (unpaired) electrons. The van der Waals surface area contributed by atoms with Gasteiger partial charge in [0.15, 0.2) is 0 Å². The van der Waals surface area contributed by atoms with E-state index in [9.17, 15) is 5.11 Å². The van der Waals surface area contributed by atoms with Gasteiger partial charge in [-0.25, -0.2) is 4.68 Å². The molecule has 6 nitrogen and oxygen atoms in total. The molecule has 0 aliphatic rings. The largest absolute Gasteiger partial charge is 0.497 e. The Morgan fingerprint density at radius 2 is 1.61 bits per heavy atom. The third-order valence-corrected chi connectivity index (χ3v) is 6.73. The molecule has 2 aromatic heterocycles. The van der Waals surface area contributed by atoms with Crippen LogP contribution in [-0.2, 0) is 6.54 Å². The number of fused-ring (bicyclic) bond motifs is 3. The van der Waals surface area contributed by atoms with Crippen molar-refractivity contribution in [3.8, 4) is 22.7 Å². The SMILES string of the molecule is CCn1c2ccccc2c2cc(-n3nnc(C(O)c4cccc(OC)c4)c3-c3ccccc3)ccc21. The lowest BCUT2D eigenvalue weighted by atomic mass is 10.0. The lowest BCUT2D eigenvalue weighted by Gasteiger charge is -2.14. The van der Waals surface area contributed by atoms with Crippen molar-refractivity contribution in [3.05, 3.63) is 108 Å². The minimum absolute atomic E-state index is 0.491. The van der Waals surface area contributed by atoms with Gasteiger partial charge in [0.25, 0.3) is 0 Å². The van der Waals surface area contributed by atoms with E-state index in [2.05, 4.69) is 64.3 Å². The lowest BCUT2D eigenvalue weighted by Crippen LogP contribution is -2.05. The molecule has 0 amide bonds. The van der Waals surface area contributed by atoms with E-state index >= 15 is 0 Å². The quantitative estimate of drug-likeness (QED) is 0.314. The standard InChI is InChI=1S/C30H26N4O2/c1-3-33-26-15-8-7-14-24(26)25-19-22(16-17-27(25)33)34-29(20-10-5-4-6-11-20)28(31-32-34)30(35)21-12-9-13-23(18-21)36-2/h4-19,30,35H,3H2,1-2H3. The number of aliphatic hydroxyl groups is 1. The fourth-order valence-electron chi connectivity index (χ4n) is 5.01. The number of ether oxygens (including phenoxy) is 1. The van der Waals surface area contributed by atoms with Crippen LogP contribution in [0, 0.1) is 0 Å². The molecule has 6 heteroatoms. The van der Waals surface area contributed by atoms with Crippen molar-refractivity contribution in [1.29, 1.82) is 0 Å². The maximum atomic E-state index is 11.4. The van der Waals surface area contributed by atoms with Crippen LogP contribution in [0.4, 0.5) is 0 Å². The highest BCUT2D eigenvalue weighted by Gasteiger charge is 2.24. The van der Waals surface area contributed by atoms with E-state index in [4.69, 9.17) is 4.74 Å². The Hall–Kier alpha value is -4.42. The van der Waals surface area contributed by atoms with Gasteiger partial charge < -0.3 is 14.4 Å². The third kappa shape index (κ3) is 3.54. The Morgan fingerprint density at radius 1 is 0.833 bits per heavy atom. The number of aliphatic hydroxyl groups excluding tert-OH is 1. The van der Waals surface area contributed by atoms with Gasteiger partial charge in [-0.3, -0.25) is 0 Å². The number of aryl methyl sites for hydroxylation is 1. The number of rotatable bonds is 6. The van der Waals surface area contributed by atoms with Crippen LogP contribution in [0.15, 0.2) is 97.1 Å². The summed E-state index contributed by atoms with van der Waals surface area (Å²) in [7, 11) is 1.61. The predicted octanol–water partition coefficient (Wildman–Crippen LogP) is 6.15. The highest BCUT2D eigenvalue weighted by molar-refractivity contribution is 6.08. The molecule has 0 fully saturated rings. The molecule has 6 rings (SSSR count). The Morgan fingerprint density at radius 3 is 2.42 bits per heavy atom. The summed E-state index contributed by atoms with van der Waals surface area (Å²) in [5, 5.41) is 22.8. The first-order chi connectivity index (χ1) is 17.7. The molecule has 0 saturated heterocycles. The van der Waals surface area contributed by atoms with Gasteiger partial charge in [-0.05, 0) is 48.9 Å². The van der Waals surface area contributed by atoms with Gasteiger partial charge in [-0.1, -0.05) is 65.9 Å². The van der Waals surface area contributed by atoms with Gasteiger partial charge in [-0.15, -0.1) is 5.10 Å². The smallest absolute Gasteiger partial charge is 0.125 e. The minimum Gasteiger partial charge on any atom is -0.497 e. The summed E-state index contributed by atoms with van der Waals surface area (Å²) >= 11 is 0. The number of hydrogen-bond acceptors (Lipinski definition) is 4. The summed E-state index contributed by atoms with van der Waals surface area (Å²) in [6.45, 7) is 3.05. The number of para-hydroxylation sites is 1. The van der Waals surface area contributed by atoms with E-state index in [1.807, 2.05) is 59.3 Å². The van der Waals surface area contributed by atoms with Gasteiger partial charge in [0.2, 0.25) is 0 Å². The summed E-state index contributed by atoms with van der Waals surface area (Å²) in [4.78, 5) is 0. The van der Waals surface area contributed by atoms with Crippen molar-refractivity contribution in [2.45, 2.75) is 19.6 Å². The van der Waals surface area contributed by atoms with E-state index in [0.29, 0.717) is 17.0 Å². The van der Waals surface area contributed by atoms with Crippen molar-refractivity contribution >= 4 is 21.8 Å². The highest BCUT2D eigenvalue weighted by Crippen LogP contribution is 2.35. The van der Waals surface area contributed by atoms with Crippen molar-refractivity contribution in [1.82, 2.24) is 19.6 Å². The maximum Gasteiger partial charge on any atom is 0.125 e. The van der Waals surface area contributed by atoms with E-state index in [1.54, 1.807) is 7.11 Å². The van der Waals surface area contributed by atoms with Gasteiger partial charge in [-0.2, -0.15) is 0 Å². The summed E-state index contributed by atoms with van der Waals surface area (Å²) in [6, 6.07) is 32.2. The lowest BCUT2D eigenvalue weighted by molar-refractivity contribution is 0.215. The zero-order valence-electron chi connectivity index (χ0n) is 20.2. The Bertz CT molecular complexity index is 1680. The molecule has 4 aromatic carbocycles. The van der Waals surface area contributed by atoms with Crippen LogP contribution in [0.3, 0.4) is 0 Å². The van der Waals surface area contributed by atoms with Gasteiger partial charge >= 0.3 is 0 Å². The molecule has 6 aromatic rings. The van der Waals surface area contributed by atoms with E-state index in [0.717, 1.165) is 28.9 Å². The monoisotopic (exact) mass is 474 g/mol. The Kier molecular flexibility index (Phi) is 5.51. The van der Waals surface area contributed by atoms with Gasteiger partial charge in [0.05, 0.1) is 12.8 Å². The molecule has 0 spiro atoms. The number of nitrogens with zero attached hydrogens (tertiary/aromatic N) is 4. The first-order valence-electron chi connectivity index (χ1n) is 12.0. The molecule has 0 bridgehead atoms. The summed E-state index contributed by atoms with van der Waals surface area (Å²) in [5.74, 6) is 0.679. The summed E-state index contributed by atoms with van der Waals surface area (Å²) in [5.41, 5.74) is 6.14. The van der Waals surface area contributed by atoms with E-state index in [-0.39, 0.29) is 0 Å². The van der Waals surface area contributed by atoms with Crippen LogP contribution in [-0.4, -0.2) is 31.8 Å². The van der Waals surface area contributed by atoms with Crippen LogP contribution in [0.2, 0.25) is 0 Å². The van der Waals surface area contributed by atoms with Gasteiger partial charge in [0, 0.05) is 33.9 Å². The minimum atomic E-state index is -0.963. The second-order valence-corrected chi connectivity index (χ2v) is 8.74. The second kappa shape index (κ2) is 8.98. The maximum absolute atomic E-state index is 11.4. The number of methoxy groups -OCH3 is 1. The second-order valence-electron chi connectivity index (χ2n) is 8.74. The molecular formula is C30H26N4O2. The van der Waals surface area contributed by atoms with Crippen LogP contribution in [0.5, 0.6) is 5.75 Å². The van der Waals surface area contributed by atoms with Crippen molar-refractivity contribution in [3.63, 3.8) is 0 Å². The number of benzene rings is 4. The fourth-order valence-corrected chi connectivity index (χ4v) is 5.01. The van der Waals surface area contributed by atoms with E-state index < -0.39 is 6.10 Å². The first-order valence-corrected chi connectivity index (χ1v) is 12.0. The number of aromatic nitrogens is 4.